The normalized spacial score (nSPS) is 10.6. The number of nitrogens with one attached hydrogen (secondary N) is 1. The predicted octanol–water partition coefficient (Wildman–Crippen LogP) is 5.41. The van der Waals surface area contributed by atoms with Crippen LogP contribution >= 0.6 is 0 Å². The van der Waals surface area contributed by atoms with Gasteiger partial charge < -0.3 is 5.32 Å². The Morgan fingerprint density at radius 2 is 1.36 bits per heavy atom. The van der Waals surface area contributed by atoms with Crippen molar-refractivity contribution >= 4 is 11.6 Å². The third-order valence-electron chi connectivity index (χ3n) is 4.78. The molecule has 4 heteroatoms. The second kappa shape index (κ2) is 7.53. The third kappa shape index (κ3) is 3.45. The van der Waals surface area contributed by atoms with E-state index in [4.69, 9.17) is 0 Å². The van der Waals surface area contributed by atoms with E-state index in [0.29, 0.717) is 5.56 Å². The summed E-state index contributed by atoms with van der Waals surface area (Å²) in [4.78, 5) is 12.8. The molecule has 0 radical (unpaired) electrons. The molecule has 0 atom stereocenters. The number of amides is 1. The molecular weight excluding hydrogens is 346 g/mol. The molecule has 0 aliphatic carbocycles. The Morgan fingerprint density at radius 1 is 0.786 bits per heavy atom. The van der Waals surface area contributed by atoms with Crippen molar-refractivity contribution in [3.05, 3.63) is 102 Å². The molecule has 138 valence electrons. The summed E-state index contributed by atoms with van der Waals surface area (Å²) >= 11 is 0. The largest absolute Gasteiger partial charge is 0.319 e. The first-order valence-electron chi connectivity index (χ1n) is 9.22. The number of rotatable bonds is 4. The van der Waals surface area contributed by atoms with Gasteiger partial charge in [0.25, 0.3) is 5.91 Å². The van der Waals surface area contributed by atoms with Crippen LogP contribution in [0.2, 0.25) is 0 Å². The number of aryl methyl sites for hydroxylation is 1. The Morgan fingerprint density at radius 3 is 2.00 bits per heavy atom. The van der Waals surface area contributed by atoms with Crippen molar-refractivity contribution in [2.75, 3.05) is 5.32 Å². The van der Waals surface area contributed by atoms with Crippen molar-refractivity contribution in [1.82, 2.24) is 9.78 Å². The minimum Gasteiger partial charge on any atom is -0.319 e. The van der Waals surface area contributed by atoms with Crippen LogP contribution in [0.25, 0.3) is 16.8 Å². The topological polar surface area (TPSA) is 46.9 Å². The van der Waals surface area contributed by atoms with E-state index in [1.807, 2.05) is 91.3 Å². The number of para-hydroxylation sites is 1. The van der Waals surface area contributed by atoms with Crippen LogP contribution in [0.1, 0.15) is 21.7 Å². The first-order valence-corrected chi connectivity index (χ1v) is 9.22. The highest BCUT2D eigenvalue weighted by molar-refractivity contribution is 6.05. The van der Waals surface area contributed by atoms with E-state index < -0.39 is 0 Å². The fourth-order valence-electron chi connectivity index (χ4n) is 3.27. The first kappa shape index (κ1) is 17.7. The summed E-state index contributed by atoms with van der Waals surface area (Å²) in [6.45, 7) is 3.86. The van der Waals surface area contributed by atoms with Gasteiger partial charge in [-0.2, -0.15) is 5.10 Å². The van der Waals surface area contributed by atoms with Crippen LogP contribution in [0.15, 0.2) is 84.9 Å². The van der Waals surface area contributed by atoms with Crippen LogP contribution in [0.5, 0.6) is 0 Å². The van der Waals surface area contributed by atoms with Gasteiger partial charge in [-0.05, 0) is 49.2 Å². The smallest absolute Gasteiger partial charge is 0.255 e. The standard InChI is InChI=1S/C24H21N3O/c1-17-23(18(2)27(26-17)22-11-7-4-8-12-22)25-24(28)21-15-13-20(14-16-21)19-9-5-3-6-10-19/h3-16H,1-2H3,(H,25,28). The molecule has 4 nitrogen and oxygen atoms in total. The highest BCUT2D eigenvalue weighted by atomic mass is 16.1. The van der Waals surface area contributed by atoms with Crippen molar-refractivity contribution in [2.45, 2.75) is 13.8 Å². The molecule has 0 unspecified atom stereocenters. The molecule has 0 fully saturated rings. The first-order chi connectivity index (χ1) is 13.6. The molecule has 4 rings (SSSR count). The van der Waals surface area contributed by atoms with E-state index in [9.17, 15) is 4.79 Å². The van der Waals surface area contributed by atoms with E-state index in [1.165, 1.54) is 0 Å². The van der Waals surface area contributed by atoms with Crippen LogP contribution in [-0.2, 0) is 0 Å². The van der Waals surface area contributed by atoms with Crippen LogP contribution in [0.4, 0.5) is 5.69 Å². The van der Waals surface area contributed by atoms with E-state index >= 15 is 0 Å². The van der Waals surface area contributed by atoms with Gasteiger partial charge in [-0.3, -0.25) is 4.79 Å². The zero-order chi connectivity index (χ0) is 19.5. The fourth-order valence-corrected chi connectivity index (χ4v) is 3.27. The molecule has 0 spiro atoms. The SMILES string of the molecule is Cc1nn(-c2ccccc2)c(C)c1NC(=O)c1ccc(-c2ccccc2)cc1. The lowest BCUT2D eigenvalue weighted by Gasteiger charge is -2.08. The molecule has 1 N–H and O–H groups in total. The molecule has 1 aromatic heterocycles. The quantitative estimate of drug-likeness (QED) is 0.524. The van der Waals surface area contributed by atoms with Gasteiger partial charge in [0.1, 0.15) is 0 Å². The Hall–Kier alpha value is -3.66. The van der Waals surface area contributed by atoms with Crippen molar-refractivity contribution in [3.8, 4) is 16.8 Å². The molecule has 0 saturated heterocycles. The zero-order valence-electron chi connectivity index (χ0n) is 15.9. The minimum absolute atomic E-state index is 0.140. The van der Waals surface area contributed by atoms with Gasteiger partial charge in [0, 0.05) is 5.56 Å². The van der Waals surface area contributed by atoms with E-state index in [0.717, 1.165) is 33.9 Å². The summed E-state index contributed by atoms with van der Waals surface area (Å²) in [5, 5.41) is 7.60. The highest BCUT2D eigenvalue weighted by Crippen LogP contribution is 2.24. The zero-order valence-corrected chi connectivity index (χ0v) is 15.9. The number of anilines is 1. The third-order valence-corrected chi connectivity index (χ3v) is 4.78. The van der Waals surface area contributed by atoms with E-state index in [1.54, 1.807) is 0 Å². The minimum atomic E-state index is -0.140. The summed E-state index contributed by atoms with van der Waals surface area (Å²) in [6, 6.07) is 27.7. The lowest BCUT2D eigenvalue weighted by Crippen LogP contribution is -2.13. The lowest BCUT2D eigenvalue weighted by atomic mass is 10.0. The monoisotopic (exact) mass is 367 g/mol. The van der Waals surface area contributed by atoms with Gasteiger partial charge in [0.05, 0.1) is 22.8 Å². The second-order valence-corrected chi connectivity index (χ2v) is 6.69. The second-order valence-electron chi connectivity index (χ2n) is 6.69. The predicted molar refractivity (Wildman–Crippen MR) is 113 cm³/mol. The van der Waals surface area contributed by atoms with E-state index in [-0.39, 0.29) is 5.91 Å². The summed E-state index contributed by atoms with van der Waals surface area (Å²) in [7, 11) is 0. The summed E-state index contributed by atoms with van der Waals surface area (Å²) < 4.78 is 1.85. The van der Waals surface area contributed by atoms with Gasteiger partial charge in [0.2, 0.25) is 0 Å². The average Bonchev–Trinajstić information content (AvgIpc) is 3.03. The number of hydrogen-bond donors (Lipinski definition) is 1. The molecule has 1 heterocycles. The molecule has 3 aromatic carbocycles. The molecule has 0 bridgehead atoms. The Labute approximate surface area is 164 Å². The average molecular weight is 367 g/mol. The molecule has 0 saturated carbocycles. The van der Waals surface area contributed by atoms with Gasteiger partial charge in [0.15, 0.2) is 0 Å². The fraction of sp³-hybridized carbons (Fsp3) is 0.0833. The summed E-state index contributed by atoms with van der Waals surface area (Å²) in [5.74, 6) is -0.140. The molecule has 1 amide bonds. The van der Waals surface area contributed by atoms with Crippen LogP contribution in [0.3, 0.4) is 0 Å². The Kier molecular flexibility index (Phi) is 4.77. The molecule has 28 heavy (non-hydrogen) atoms. The van der Waals surface area contributed by atoms with Crippen LogP contribution in [-0.4, -0.2) is 15.7 Å². The number of aromatic nitrogens is 2. The maximum Gasteiger partial charge on any atom is 0.255 e. The van der Waals surface area contributed by atoms with Crippen LogP contribution in [0, 0.1) is 13.8 Å². The molecular formula is C24H21N3O. The summed E-state index contributed by atoms with van der Waals surface area (Å²) in [5.41, 5.74) is 6.24. The van der Waals surface area contributed by atoms with Gasteiger partial charge in [-0.25, -0.2) is 4.68 Å². The van der Waals surface area contributed by atoms with Gasteiger partial charge in [-0.1, -0.05) is 60.7 Å². The number of hydrogen-bond acceptors (Lipinski definition) is 2. The number of benzene rings is 3. The van der Waals surface area contributed by atoms with Crippen molar-refractivity contribution in [1.29, 1.82) is 0 Å². The lowest BCUT2D eigenvalue weighted by molar-refractivity contribution is 0.102. The Bertz CT molecular complexity index is 1100. The molecule has 0 aliphatic heterocycles. The Balaban J connectivity index is 1.57. The van der Waals surface area contributed by atoms with E-state index in [2.05, 4.69) is 22.5 Å². The molecule has 0 aliphatic rings. The van der Waals surface area contributed by atoms with Gasteiger partial charge in [-0.15, -0.1) is 0 Å². The highest BCUT2D eigenvalue weighted by Gasteiger charge is 2.16. The van der Waals surface area contributed by atoms with Crippen molar-refractivity contribution in [3.63, 3.8) is 0 Å². The number of nitrogens with zero attached hydrogens (tertiary/aromatic N) is 2. The van der Waals surface area contributed by atoms with Crippen molar-refractivity contribution < 1.29 is 4.79 Å². The van der Waals surface area contributed by atoms with Gasteiger partial charge >= 0.3 is 0 Å². The maximum atomic E-state index is 12.8. The van der Waals surface area contributed by atoms with Crippen molar-refractivity contribution in [2.24, 2.45) is 0 Å². The molecule has 4 aromatic rings. The van der Waals surface area contributed by atoms with Crippen LogP contribution < -0.4 is 5.32 Å². The number of carbonyl (C=O) groups is 1. The summed E-state index contributed by atoms with van der Waals surface area (Å²) in [6.07, 6.45) is 0. The number of carbonyl (C=O) groups excluding carboxylic acids is 1. The maximum absolute atomic E-state index is 12.8.